The fourth-order valence-electron chi connectivity index (χ4n) is 2.26. The highest BCUT2D eigenvalue weighted by molar-refractivity contribution is 4.84. The minimum absolute atomic E-state index is 0.571. The summed E-state index contributed by atoms with van der Waals surface area (Å²) in [6.45, 7) is 14.0. The molecule has 1 aliphatic heterocycles. The lowest BCUT2D eigenvalue weighted by Gasteiger charge is -2.41. The Labute approximate surface area is 94.2 Å². The molecule has 0 saturated carbocycles. The summed E-state index contributed by atoms with van der Waals surface area (Å²) in [5, 5.41) is 3.43. The molecule has 90 valence electrons. The quantitative estimate of drug-likeness (QED) is 0.747. The van der Waals surface area contributed by atoms with Crippen molar-refractivity contribution in [1.29, 1.82) is 0 Å². The van der Waals surface area contributed by atoms with E-state index in [9.17, 15) is 0 Å². The van der Waals surface area contributed by atoms with Gasteiger partial charge in [0.15, 0.2) is 0 Å². The molecule has 2 unspecified atom stereocenters. The van der Waals surface area contributed by atoms with E-state index in [0.29, 0.717) is 18.0 Å². The average Bonchev–Trinajstić information content (AvgIpc) is 2.20. The Balaban J connectivity index is 2.52. The van der Waals surface area contributed by atoms with Gasteiger partial charge in [-0.1, -0.05) is 13.8 Å². The predicted octanol–water partition coefficient (Wildman–Crippen LogP) is 1.34. The second kappa shape index (κ2) is 6.46. The van der Waals surface area contributed by atoms with Gasteiger partial charge in [-0.25, -0.2) is 0 Å². The van der Waals surface area contributed by atoms with Crippen molar-refractivity contribution < 1.29 is 4.74 Å². The molecule has 1 heterocycles. The minimum atomic E-state index is 0.571. The lowest BCUT2D eigenvalue weighted by molar-refractivity contribution is 0.0160. The first kappa shape index (κ1) is 12.9. The van der Waals surface area contributed by atoms with Gasteiger partial charge >= 0.3 is 0 Å². The molecule has 2 atom stereocenters. The molecule has 0 spiro atoms. The van der Waals surface area contributed by atoms with Gasteiger partial charge in [-0.3, -0.25) is 4.90 Å². The molecule has 1 aliphatic rings. The zero-order valence-electron chi connectivity index (χ0n) is 10.6. The van der Waals surface area contributed by atoms with Crippen LogP contribution in [0.3, 0.4) is 0 Å². The van der Waals surface area contributed by atoms with Crippen LogP contribution in [-0.2, 0) is 4.74 Å². The van der Waals surface area contributed by atoms with E-state index < -0.39 is 0 Å². The van der Waals surface area contributed by atoms with E-state index in [1.54, 1.807) is 0 Å². The topological polar surface area (TPSA) is 24.5 Å². The summed E-state index contributed by atoms with van der Waals surface area (Å²) >= 11 is 0. The molecule has 15 heavy (non-hydrogen) atoms. The van der Waals surface area contributed by atoms with Gasteiger partial charge in [0, 0.05) is 38.3 Å². The minimum Gasteiger partial charge on any atom is -0.380 e. The summed E-state index contributed by atoms with van der Waals surface area (Å²) in [6.07, 6.45) is 0. The zero-order valence-corrected chi connectivity index (χ0v) is 10.6. The normalized spacial score (nSPS) is 25.8. The number of nitrogens with zero attached hydrogens (tertiary/aromatic N) is 1. The van der Waals surface area contributed by atoms with Crippen LogP contribution >= 0.6 is 0 Å². The van der Waals surface area contributed by atoms with Crippen molar-refractivity contribution in [3.8, 4) is 0 Å². The summed E-state index contributed by atoms with van der Waals surface area (Å²) < 4.78 is 5.60. The fourth-order valence-corrected chi connectivity index (χ4v) is 2.26. The molecule has 3 heteroatoms. The summed E-state index contributed by atoms with van der Waals surface area (Å²) in [5.41, 5.74) is 0. The first-order chi connectivity index (χ1) is 7.16. The van der Waals surface area contributed by atoms with Gasteiger partial charge in [-0.2, -0.15) is 0 Å². The highest BCUT2D eigenvalue weighted by Gasteiger charge is 2.27. The smallest absolute Gasteiger partial charge is 0.0624 e. The zero-order chi connectivity index (χ0) is 11.3. The highest BCUT2D eigenvalue weighted by atomic mass is 16.5. The maximum absolute atomic E-state index is 5.60. The molecule has 1 rings (SSSR count). The summed E-state index contributed by atoms with van der Waals surface area (Å²) in [5.74, 6) is 0.664. The van der Waals surface area contributed by atoms with Crippen molar-refractivity contribution in [3.05, 3.63) is 0 Å². The second-order valence-electron chi connectivity index (χ2n) is 4.76. The van der Waals surface area contributed by atoms with Crippen LogP contribution in [0, 0.1) is 5.92 Å². The van der Waals surface area contributed by atoms with E-state index in [1.165, 1.54) is 0 Å². The lowest BCUT2D eigenvalue weighted by atomic mass is 10.0. The Hall–Kier alpha value is -0.120. The highest BCUT2D eigenvalue weighted by Crippen LogP contribution is 2.16. The first-order valence-electron chi connectivity index (χ1n) is 6.21. The third kappa shape index (κ3) is 3.74. The average molecular weight is 214 g/mol. The Morgan fingerprint density at radius 2 is 2.20 bits per heavy atom. The van der Waals surface area contributed by atoms with Crippen LogP contribution in [0.25, 0.3) is 0 Å². The van der Waals surface area contributed by atoms with Gasteiger partial charge in [0.25, 0.3) is 0 Å². The molecule has 1 N–H and O–H groups in total. The summed E-state index contributed by atoms with van der Waals surface area (Å²) in [4.78, 5) is 2.59. The molecule has 1 fully saturated rings. The van der Waals surface area contributed by atoms with Crippen molar-refractivity contribution in [2.75, 3.05) is 32.8 Å². The number of hydrogen-bond acceptors (Lipinski definition) is 3. The Morgan fingerprint density at radius 1 is 1.47 bits per heavy atom. The van der Waals surface area contributed by atoms with Crippen LogP contribution in [0.5, 0.6) is 0 Å². The first-order valence-corrected chi connectivity index (χ1v) is 6.21. The number of piperazine rings is 1. The summed E-state index contributed by atoms with van der Waals surface area (Å²) in [7, 11) is 0. The van der Waals surface area contributed by atoms with Crippen LogP contribution in [0.4, 0.5) is 0 Å². The molecule has 0 radical (unpaired) electrons. The molecule has 0 aromatic rings. The SMILES string of the molecule is CCOCC(C(C)C)N1CCNCC1C. The molecule has 0 aromatic carbocycles. The molecule has 0 amide bonds. The third-order valence-corrected chi connectivity index (χ3v) is 3.24. The van der Waals surface area contributed by atoms with Gasteiger partial charge in [0.1, 0.15) is 0 Å². The van der Waals surface area contributed by atoms with Crippen molar-refractivity contribution in [3.63, 3.8) is 0 Å². The van der Waals surface area contributed by atoms with Gasteiger partial charge in [-0.15, -0.1) is 0 Å². The van der Waals surface area contributed by atoms with E-state index >= 15 is 0 Å². The van der Waals surface area contributed by atoms with Gasteiger partial charge in [0.05, 0.1) is 6.61 Å². The molecule has 3 nitrogen and oxygen atoms in total. The number of ether oxygens (including phenoxy) is 1. The van der Waals surface area contributed by atoms with Gasteiger partial charge < -0.3 is 10.1 Å². The maximum atomic E-state index is 5.60. The Kier molecular flexibility index (Phi) is 5.58. The Morgan fingerprint density at radius 3 is 2.73 bits per heavy atom. The van der Waals surface area contributed by atoms with E-state index in [2.05, 4.69) is 37.9 Å². The van der Waals surface area contributed by atoms with Crippen molar-refractivity contribution in [2.24, 2.45) is 5.92 Å². The number of rotatable bonds is 5. The molecule has 0 aromatic heterocycles. The van der Waals surface area contributed by atoms with Crippen molar-refractivity contribution >= 4 is 0 Å². The molecule has 0 aliphatic carbocycles. The number of hydrogen-bond donors (Lipinski definition) is 1. The van der Waals surface area contributed by atoms with Crippen LogP contribution in [0.15, 0.2) is 0 Å². The monoisotopic (exact) mass is 214 g/mol. The van der Waals surface area contributed by atoms with E-state index in [-0.39, 0.29) is 0 Å². The molecular weight excluding hydrogens is 188 g/mol. The van der Waals surface area contributed by atoms with Crippen molar-refractivity contribution in [1.82, 2.24) is 10.2 Å². The number of nitrogens with one attached hydrogen (secondary N) is 1. The summed E-state index contributed by atoms with van der Waals surface area (Å²) in [6, 6.07) is 1.20. The third-order valence-electron chi connectivity index (χ3n) is 3.24. The largest absolute Gasteiger partial charge is 0.380 e. The predicted molar refractivity (Wildman–Crippen MR) is 64.2 cm³/mol. The maximum Gasteiger partial charge on any atom is 0.0624 e. The molecule has 0 bridgehead atoms. The Bertz CT molecular complexity index is 173. The van der Waals surface area contributed by atoms with E-state index in [0.717, 1.165) is 32.8 Å². The van der Waals surface area contributed by atoms with Crippen LogP contribution < -0.4 is 5.32 Å². The second-order valence-corrected chi connectivity index (χ2v) is 4.76. The van der Waals surface area contributed by atoms with Crippen LogP contribution in [-0.4, -0.2) is 49.8 Å². The van der Waals surface area contributed by atoms with Gasteiger partial charge in [0.2, 0.25) is 0 Å². The fraction of sp³-hybridized carbons (Fsp3) is 1.00. The van der Waals surface area contributed by atoms with Crippen LogP contribution in [0.1, 0.15) is 27.7 Å². The molecule has 1 saturated heterocycles. The van der Waals surface area contributed by atoms with Gasteiger partial charge in [-0.05, 0) is 19.8 Å². The van der Waals surface area contributed by atoms with E-state index in [1.807, 2.05) is 0 Å². The van der Waals surface area contributed by atoms with Crippen LogP contribution in [0.2, 0.25) is 0 Å². The molecular formula is C12H26N2O. The standard InChI is InChI=1S/C12H26N2O/c1-5-15-9-12(10(2)3)14-7-6-13-8-11(14)4/h10-13H,5-9H2,1-4H3. The van der Waals surface area contributed by atoms with E-state index in [4.69, 9.17) is 4.74 Å². The van der Waals surface area contributed by atoms with Crippen molar-refractivity contribution in [2.45, 2.75) is 39.8 Å². The lowest BCUT2D eigenvalue weighted by Crippen LogP contribution is -2.56.